The van der Waals surface area contributed by atoms with E-state index < -0.39 is 11.6 Å². The summed E-state index contributed by atoms with van der Waals surface area (Å²) >= 11 is 0. The van der Waals surface area contributed by atoms with Crippen LogP contribution in [0.3, 0.4) is 0 Å². The molecule has 6 rings (SSSR count). The molecule has 0 saturated heterocycles. The van der Waals surface area contributed by atoms with Gasteiger partial charge in [0.05, 0.1) is 17.9 Å². The highest BCUT2D eigenvalue weighted by molar-refractivity contribution is 5.73. The minimum Gasteiger partial charge on any atom is -0.483 e. The number of carbonyl (C=O) groups is 1. The van der Waals surface area contributed by atoms with Gasteiger partial charge in [-0.15, -0.1) is 5.10 Å². The maximum atomic E-state index is 14.7. The minimum absolute atomic E-state index is 0.0388. The third kappa shape index (κ3) is 4.50. The van der Waals surface area contributed by atoms with Crippen LogP contribution in [0.25, 0.3) is 28.1 Å². The smallest absolute Gasteiger partial charge is 0.290 e. The topological polar surface area (TPSA) is 170 Å². The summed E-state index contributed by atoms with van der Waals surface area (Å²) < 4.78 is 31.6. The fraction of sp³-hybridized carbons (Fsp3) is 0.125. The number of tetrazole rings is 1. The number of anilines is 1. The lowest BCUT2D eigenvalue weighted by atomic mass is 10.0. The first-order chi connectivity index (χ1) is 18.4. The molecule has 0 unspecified atom stereocenters. The molecule has 0 radical (unpaired) electrons. The number of aromatic nitrogens is 8. The third-order valence-corrected chi connectivity index (χ3v) is 6.06. The quantitative estimate of drug-likeness (QED) is 0.302. The Morgan fingerprint density at radius 2 is 1.92 bits per heavy atom. The lowest BCUT2D eigenvalue weighted by Crippen LogP contribution is -2.24. The zero-order chi connectivity index (χ0) is 26.8. The van der Waals surface area contributed by atoms with Gasteiger partial charge in [0, 0.05) is 35.2 Å². The highest BCUT2D eigenvalue weighted by Gasteiger charge is 2.28. The van der Waals surface area contributed by atoms with Gasteiger partial charge < -0.3 is 20.4 Å². The molecule has 5 aromatic rings. The molecule has 0 amide bonds. The Labute approximate surface area is 212 Å². The van der Waals surface area contributed by atoms with Gasteiger partial charge in [0.15, 0.2) is 5.82 Å². The fourth-order valence-corrected chi connectivity index (χ4v) is 4.51. The molecule has 5 heterocycles. The molecule has 1 atom stereocenters. The summed E-state index contributed by atoms with van der Waals surface area (Å²) in [5, 5.41) is 17.7. The van der Waals surface area contributed by atoms with E-state index in [0.717, 1.165) is 33.8 Å². The van der Waals surface area contributed by atoms with Crippen molar-refractivity contribution in [2.75, 3.05) is 5.73 Å². The molecule has 0 bridgehead atoms. The Hall–Kier alpha value is -5.27. The minimum atomic E-state index is -0.842. The Kier molecular flexibility index (Phi) is 6.43. The molecule has 38 heavy (non-hydrogen) atoms. The van der Waals surface area contributed by atoms with Gasteiger partial charge >= 0.3 is 0 Å². The summed E-state index contributed by atoms with van der Waals surface area (Å²) in [5.41, 5.74) is 8.18. The summed E-state index contributed by atoms with van der Waals surface area (Å²) in [6.07, 6.45) is 5.78. The number of hydrogen-bond donors (Lipinski definition) is 3. The number of imidazole rings is 1. The number of fused-ring (bicyclic) bond motifs is 1. The van der Waals surface area contributed by atoms with Gasteiger partial charge in [-0.25, -0.2) is 18.7 Å². The number of hydrogen-bond acceptors (Lipinski definition) is 8. The molecule has 0 aliphatic carbocycles. The molecule has 192 valence electrons. The normalized spacial score (nSPS) is 14.0. The molecule has 14 heteroatoms. The van der Waals surface area contributed by atoms with Crippen LogP contribution in [0.15, 0.2) is 59.9 Å². The van der Waals surface area contributed by atoms with E-state index in [0.29, 0.717) is 30.0 Å². The van der Waals surface area contributed by atoms with E-state index in [9.17, 15) is 13.6 Å². The van der Waals surface area contributed by atoms with E-state index in [4.69, 9.17) is 15.6 Å². The third-order valence-electron chi connectivity index (χ3n) is 6.06. The molecule has 4 aromatic heterocycles. The van der Waals surface area contributed by atoms with Crippen LogP contribution in [0.5, 0.6) is 0 Å². The number of carboxylic acid groups (broad SMARTS) is 1. The number of aryl methyl sites for hydroxylation is 1. The lowest BCUT2D eigenvalue weighted by molar-refractivity contribution is -0.122. The molecule has 0 spiro atoms. The standard InChI is InChI=1S/C23H17F2N9O.CH2O2/c24-14-7-16(22(17(25)8-14)33-11-29-31-32-33)13-5-15-2-3-19(34(15)21(35)6-13)23-28-10-18(30-23)12-1-4-20(26)27-9-12;2-1-3/h1,4-11,19H,2-3H2,(H2,26,27)(H,28,30);1H,(H,2,3)/t19-;/m0./s1. The molecule has 1 aromatic carbocycles. The van der Waals surface area contributed by atoms with Crippen molar-refractivity contribution in [3.8, 4) is 28.1 Å². The van der Waals surface area contributed by atoms with Crippen LogP contribution < -0.4 is 11.3 Å². The maximum Gasteiger partial charge on any atom is 0.290 e. The second kappa shape index (κ2) is 10.0. The van der Waals surface area contributed by atoms with Gasteiger partial charge in [0.2, 0.25) is 0 Å². The molecule has 12 nitrogen and oxygen atoms in total. The van der Waals surface area contributed by atoms with Gasteiger partial charge in [0.25, 0.3) is 12.0 Å². The van der Waals surface area contributed by atoms with Gasteiger partial charge in [-0.05, 0) is 53.1 Å². The van der Waals surface area contributed by atoms with Crippen molar-refractivity contribution >= 4 is 12.3 Å². The SMILES string of the molecule is Nc1ccc(-c2cnc([C@@H]3CCc4cc(-c5cc(F)cc(F)c5-n5cnnn5)cc(=O)n43)[nH]2)cn1.O=CO. The van der Waals surface area contributed by atoms with Gasteiger partial charge in [-0.3, -0.25) is 9.59 Å². The average Bonchev–Trinajstić information content (AvgIpc) is 3.65. The van der Waals surface area contributed by atoms with E-state index in [1.165, 1.54) is 12.4 Å². The zero-order valence-corrected chi connectivity index (χ0v) is 19.5. The first-order valence-corrected chi connectivity index (χ1v) is 11.2. The second-order valence-corrected chi connectivity index (χ2v) is 8.30. The second-order valence-electron chi connectivity index (χ2n) is 8.30. The maximum absolute atomic E-state index is 14.7. The number of nitrogen functional groups attached to an aromatic ring is 1. The molecule has 0 fully saturated rings. The summed E-state index contributed by atoms with van der Waals surface area (Å²) in [6, 6.07) is 8.27. The molecular weight excluding hydrogens is 500 g/mol. The van der Waals surface area contributed by atoms with Crippen molar-refractivity contribution in [1.82, 2.24) is 39.7 Å². The molecule has 1 aliphatic rings. The summed E-state index contributed by atoms with van der Waals surface area (Å²) in [7, 11) is 0. The van der Waals surface area contributed by atoms with Crippen molar-refractivity contribution in [3.05, 3.63) is 88.6 Å². The van der Waals surface area contributed by atoms with Crippen molar-refractivity contribution in [2.24, 2.45) is 0 Å². The predicted octanol–water partition coefficient (Wildman–Crippen LogP) is 2.37. The van der Waals surface area contributed by atoms with E-state index >= 15 is 0 Å². The number of nitrogens with two attached hydrogens (primary N) is 1. The lowest BCUT2D eigenvalue weighted by Gasteiger charge is -2.15. The number of nitrogens with zero attached hydrogens (tertiary/aromatic N) is 7. The number of H-pyrrole nitrogens is 1. The Balaban J connectivity index is 0.000000937. The number of benzene rings is 1. The molecule has 4 N–H and O–H groups in total. The van der Waals surface area contributed by atoms with Gasteiger partial charge in [0.1, 0.15) is 29.5 Å². The van der Waals surface area contributed by atoms with Crippen LogP contribution in [-0.4, -0.2) is 51.3 Å². The number of nitrogens with one attached hydrogen (secondary N) is 1. The first-order valence-electron chi connectivity index (χ1n) is 11.2. The van der Waals surface area contributed by atoms with Crippen molar-refractivity contribution in [3.63, 3.8) is 0 Å². The Bertz CT molecular complexity index is 1660. The highest BCUT2D eigenvalue weighted by atomic mass is 19.1. The molecule has 0 saturated carbocycles. The highest BCUT2D eigenvalue weighted by Crippen LogP contribution is 2.34. The summed E-state index contributed by atoms with van der Waals surface area (Å²) in [4.78, 5) is 33.5. The number of aromatic amines is 1. The van der Waals surface area contributed by atoms with Crippen LogP contribution in [0.2, 0.25) is 0 Å². The van der Waals surface area contributed by atoms with Crippen LogP contribution in [-0.2, 0) is 11.2 Å². The fourth-order valence-electron chi connectivity index (χ4n) is 4.51. The number of pyridine rings is 2. The number of rotatable bonds is 4. The Morgan fingerprint density at radius 3 is 2.63 bits per heavy atom. The molecule has 1 aliphatic heterocycles. The van der Waals surface area contributed by atoms with E-state index in [2.05, 4.69) is 30.5 Å². The Morgan fingerprint density at radius 1 is 1.11 bits per heavy atom. The monoisotopic (exact) mass is 519 g/mol. The van der Waals surface area contributed by atoms with Crippen LogP contribution in [0, 0.1) is 11.6 Å². The van der Waals surface area contributed by atoms with E-state index in [1.807, 2.05) is 6.07 Å². The molecular formula is C24H19F2N9O3. The van der Waals surface area contributed by atoms with E-state index in [-0.39, 0.29) is 29.3 Å². The van der Waals surface area contributed by atoms with Crippen molar-refractivity contribution in [2.45, 2.75) is 18.9 Å². The first kappa shape index (κ1) is 24.4. The summed E-state index contributed by atoms with van der Waals surface area (Å²) in [6.45, 7) is -0.250. The van der Waals surface area contributed by atoms with Crippen molar-refractivity contribution < 1.29 is 18.7 Å². The van der Waals surface area contributed by atoms with Gasteiger partial charge in [-0.2, -0.15) is 4.68 Å². The van der Waals surface area contributed by atoms with Crippen LogP contribution in [0.1, 0.15) is 24.0 Å². The zero-order valence-electron chi connectivity index (χ0n) is 19.5. The van der Waals surface area contributed by atoms with E-state index in [1.54, 1.807) is 29.1 Å². The van der Waals surface area contributed by atoms with Gasteiger partial charge in [-0.1, -0.05) is 0 Å². The average molecular weight is 519 g/mol. The van der Waals surface area contributed by atoms with Crippen LogP contribution in [0.4, 0.5) is 14.6 Å². The number of halogens is 2. The predicted molar refractivity (Wildman–Crippen MR) is 130 cm³/mol. The van der Waals surface area contributed by atoms with Crippen LogP contribution >= 0.6 is 0 Å². The van der Waals surface area contributed by atoms with Crippen molar-refractivity contribution in [1.29, 1.82) is 0 Å². The largest absolute Gasteiger partial charge is 0.483 e. The summed E-state index contributed by atoms with van der Waals surface area (Å²) in [5.74, 6) is -0.558.